The maximum Gasteiger partial charge on any atom is 0.274 e. The number of fused-ring (bicyclic) bond motifs is 1. The van der Waals surface area contributed by atoms with E-state index in [0.29, 0.717) is 16.5 Å². The lowest BCUT2D eigenvalue weighted by atomic mass is 10.0. The fourth-order valence-corrected chi connectivity index (χ4v) is 4.14. The molecule has 2 aromatic heterocycles. The molecule has 152 valence electrons. The van der Waals surface area contributed by atoms with Gasteiger partial charge >= 0.3 is 0 Å². The Morgan fingerprint density at radius 2 is 1.90 bits per heavy atom. The Kier molecular flexibility index (Phi) is 5.15. The number of H-pyrrole nitrogens is 1. The van der Waals surface area contributed by atoms with E-state index in [2.05, 4.69) is 22.0 Å². The van der Waals surface area contributed by atoms with Gasteiger partial charge in [-0.05, 0) is 36.6 Å². The van der Waals surface area contributed by atoms with Crippen molar-refractivity contribution in [2.24, 2.45) is 7.05 Å². The number of carbonyl (C=O) groups excluding carboxylic acids is 1. The minimum atomic E-state index is -0.125. The van der Waals surface area contributed by atoms with Crippen molar-refractivity contribution in [3.8, 4) is 0 Å². The molecular formula is C22H27N5O2. The fraction of sp³-hybridized carbons (Fsp3) is 0.364. The van der Waals surface area contributed by atoms with Gasteiger partial charge in [-0.15, -0.1) is 0 Å². The zero-order valence-corrected chi connectivity index (χ0v) is 16.9. The van der Waals surface area contributed by atoms with Crippen molar-refractivity contribution < 1.29 is 4.79 Å². The zero-order chi connectivity index (χ0) is 20.5. The van der Waals surface area contributed by atoms with Crippen LogP contribution in [0.3, 0.4) is 0 Å². The van der Waals surface area contributed by atoms with Crippen LogP contribution >= 0.6 is 0 Å². The van der Waals surface area contributed by atoms with Crippen LogP contribution in [-0.4, -0.2) is 51.4 Å². The van der Waals surface area contributed by atoms with E-state index in [0.717, 1.165) is 38.2 Å². The molecule has 29 heavy (non-hydrogen) atoms. The molecule has 0 atom stereocenters. The number of aryl methyl sites for hydroxylation is 1. The van der Waals surface area contributed by atoms with Crippen LogP contribution < -0.4 is 11.3 Å². The van der Waals surface area contributed by atoms with E-state index < -0.39 is 0 Å². The van der Waals surface area contributed by atoms with Crippen LogP contribution in [0.1, 0.15) is 28.8 Å². The predicted octanol–water partition coefficient (Wildman–Crippen LogP) is 2.19. The number of nitrogens with zero attached hydrogens (tertiary/aromatic N) is 3. The minimum absolute atomic E-state index is 0.0396. The molecule has 1 fully saturated rings. The second-order valence-electron chi connectivity index (χ2n) is 7.89. The van der Waals surface area contributed by atoms with Crippen molar-refractivity contribution in [1.82, 2.24) is 19.4 Å². The Labute approximate surface area is 169 Å². The summed E-state index contributed by atoms with van der Waals surface area (Å²) in [7, 11) is 3.54. The van der Waals surface area contributed by atoms with Crippen LogP contribution in [0.4, 0.5) is 5.69 Å². The Balaban J connectivity index is 1.43. The van der Waals surface area contributed by atoms with Crippen molar-refractivity contribution in [1.29, 1.82) is 0 Å². The summed E-state index contributed by atoms with van der Waals surface area (Å²) in [5.41, 5.74) is 8.71. The van der Waals surface area contributed by atoms with Gasteiger partial charge in [0.25, 0.3) is 11.5 Å². The van der Waals surface area contributed by atoms with Gasteiger partial charge in [0, 0.05) is 63.2 Å². The smallest absolute Gasteiger partial charge is 0.274 e. The maximum absolute atomic E-state index is 13.2. The van der Waals surface area contributed by atoms with Crippen molar-refractivity contribution in [2.45, 2.75) is 25.4 Å². The normalized spacial score (nSPS) is 15.7. The first kappa shape index (κ1) is 19.3. The summed E-state index contributed by atoms with van der Waals surface area (Å²) < 4.78 is 1.47. The molecule has 1 saturated heterocycles. The van der Waals surface area contributed by atoms with E-state index in [9.17, 15) is 9.59 Å². The molecule has 0 aliphatic carbocycles. The monoisotopic (exact) mass is 393 g/mol. The quantitative estimate of drug-likeness (QED) is 0.665. The van der Waals surface area contributed by atoms with Crippen LogP contribution in [0.2, 0.25) is 0 Å². The molecular weight excluding hydrogens is 366 g/mol. The number of amides is 1. The second kappa shape index (κ2) is 7.75. The number of benzene rings is 1. The van der Waals surface area contributed by atoms with Gasteiger partial charge in [-0.2, -0.15) is 0 Å². The fourth-order valence-electron chi connectivity index (χ4n) is 4.14. The van der Waals surface area contributed by atoms with Crippen LogP contribution in [0.5, 0.6) is 0 Å². The summed E-state index contributed by atoms with van der Waals surface area (Å²) in [4.78, 5) is 32.6. The summed E-state index contributed by atoms with van der Waals surface area (Å²) in [6.45, 7) is 2.79. The molecule has 0 bridgehead atoms. The molecule has 0 unspecified atom stereocenters. The number of anilines is 1. The minimum Gasteiger partial charge on any atom is -0.399 e. The maximum atomic E-state index is 13.2. The lowest BCUT2D eigenvalue weighted by Crippen LogP contribution is -2.45. The highest BCUT2D eigenvalue weighted by molar-refractivity contribution is 6.05. The first-order valence-corrected chi connectivity index (χ1v) is 9.94. The Bertz CT molecular complexity index is 1070. The molecule has 1 aromatic carbocycles. The van der Waals surface area contributed by atoms with Gasteiger partial charge in [0.05, 0.1) is 5.56 Å². The van der Waals surface area contributed by atoms with Gasteiger partial charge in [0.15, 0.2) is 0 Å². The van der Waals surface area contributed by atoms with Crippen molar-refractivity contribution in [2.75, 3.05) is 25.9 Å². The summed E-state index contributed by atoms with van der Waals surface area (Å²) >= 11 is 0. The predicted molar refractivity (Wildman–Crippen MR) is 115 cm³/mol. The molecule has 3 heterocycles. The third kappa shape index (κ3) is 3.78. The van der Waals surface area contributed by atoms with Crippen LogP contribution in [0.15, 0.2) is 47.5 Å². The number of piperidine rings is 1. The van der Waals surface area contributed by atoms with Gasteiger partial charge in [-0.1, -0.05) is 12.1 Å². The molecule has 3 N–H and O–H groups in total. The highest BCUT2D eigenvalue weighted by atomic mass is 16.2. The van der Waals surface area contributed by atoms with Gasteiger partial charge in [-0.3, -0.25) is 14.5 Å². The third-order valence-corrected chi connectivity index (χ3v) is 5.94. The van der Waals surface area contributed by atoms with E-state index in [1.165, 1.54) is 10.1 Å². The summed E-state index contributed by atoms with van der Waals surface area (Å²) in [6, 6.07) is 9.99. The van der Waals surface area contributed by atoms with Gasteiger partial charge in [-0.25, -0.2) is 0 Å². The van der Waals surface area contributed by atoms with E-state index in [1.807, 2.05) is 24.1 Å². The number of rotatable bonds is 4. The van der Waals surface area contributed by atoms with Gasteiger partial charge in [0.1, 0.15) is 5.52 Å². The number of likely N-dealkylation sites (tertiary alicyclic amines) is 1. The number of nitrogens with two attached hydrogens (primary N) is 1. The highest BCUT2D eigenvalue weighted by Crippen LogP contribution is 2.22. The number of hydrogen-bond donors (Lipinski definition) is 2. The number of pyridine rings is 1. The zero-order valence-electron chi connectivity index (χ0n) is 16.9. The molecule has 7 nitrogen and oxygen atoms in total. The molecule has 1 aliphatic rings. The van der Waals surface area contributed by atoms with Crippen LogP contribution in [0.25, 0.3) is 10.9 Å². The molecule has 7 heteroatoms. The Morgan fingerprint density at radius 1 is 1.21 bits per heavy atom. The molecule has 1 aliphatic heterocycles. The van der Waals surface area contributed by atoms with Crippen molar-refractivity contribution >= 4 is 22.5 Å². The average molecular weight is 393 g/mol. The van der Waals surface area contributed by atoms with Crippen molar-refractivity contribution in [3.05, 3.63) is 64.2 Å². The number of carbonyl (C=O) groups is 1. The van der Waals surface area contributed by atoms with Gasteiger partial charge in [0.2, 0.25) is 0 Å². The summed E-state index contributed by atoms with van der Waals surface area (Å²) in [5.74, 6) is -0.0396. The standard InChI is InChI=1S/C22H27N5O2/c1-25-14-19(18-7-10-24-20(18)22(25)29)21(28)26(2)17-8-11-27(12-9-17)13-15-3-5-16(23)6-4-15/h3-7,10,14,17,24H,8-9,11-13,23H2,1-2H3. The van der Waals surface area contributed by atoms with Crippen molar-refractivity contribution in [3.63, 3.8) is 0 Å². The lowest BCUT2D eigenvalue weighted by molar-refractivity contribution is 0.0637. The molecule has 3 aromatic rings. The number of aromatic nitrogens is 2. The molecule has 1 amide bonds. The first-order chi connectivity index (χ1) is 13.9. The largest absolute Gasteiger partial charge is 0.399 e. The molecule has 0 spiro atoms. The second-order valence-corrected chi connectivity index (χ2v) is 7.89. The first-order valence-electron chi connectivity index (χ1n) is 9.94. The average Bonchev–Trinajstić information content (AvgIpc) is 3.22. The van der Waals surface area contributed by atoms with Crippen LogP contribution in [-0.2, 0) is 13.6 Å². The summed E-state index contributed by atoms with van der Waals surface area (Å²) in [6.07, 6.45) is 5.21. The number of hydrogen-bond acceptors (Lipinski definition) is 4. The number of nitrogen functional groups attached to an aromatic ring is 1. The third-order valence-electron chi connectivity index (χ3n) is 5.94. The Morgan fingerprint density at radius 3 is 2.59 bits per heavy atom. The molecule has 0 radical (unpaired) electrons. The molecule has 0 saturated carbocycles. The van der Waals surface area contributed by atoms with E-state index in [1.54, 1.807) is 25.5 Å². The van der Waals surface area contributed by atoms with E-state index in [-0.39, 0.29) is 17.5 Å². The highest BCUT2D eigenvalue weighted by Gasteiger charge is 2.27. The Hall–Kier alpha value is -3.06. The van der Waals surface area contributed by atoms with E-state index in [4.69, 9.17) is 5.73 Å². The topological polar surface area (TPSA) is 87.4 Å². The lowest BCUT2D eigenvalue weighted by Gasteiger charge is -2.37. The summed E-state index contributed by atoms with van der Waals surface area (Å²) in [5, 5.41) is 0.686. The SMILES string of the molecule is CN(C(=O)c1cn(C)c(=O)c2[nH]ccc12)C1CCN(Cc2ccc(N)cc2)CC1. The number of aromatic amines is 1. The van der Waals surface area contributed by atoms with Gasteiger partial charge < -0.3 is 20.2 Å². The van der Waals surface area contributed by atoms with Crippen LogP contribution in [0, 0.1) is 0 Å². The number of nitrogens with one attached hydrogen (secondary N) is 1. The van der Waals surface area contributed by atoms with E-state index >= 15 is 0 Å². The molecule has 4 rings (SSSR count).